The van der Waals surface area contributed by atoms with Crippen molar-refractivity contribution in [2.75, 3.05) is 0 Å². The third-order valence-corrected chi connectivity index (χ3v) is 3.28. The number of hydrogen-bond acceptors (Lipinski definition) is 2. The molecule has 0 amide bonds. The second-order valence-electron chi connectivity index (χ2n) is 3.98. The lowest BCUT2D eigenvalue weighted by Crippen LogP contribution is -2.41. The van der Waals surface area contributed by atoms with Crippen molar-refractivity contribution in [3.63, 3.8) is 0 Å². The van der Waals surface area contributed by atoms with Gasteiger partial charge in [0.05, 0.1) is 0 Å². The Morgan fingerprint density at radius 1 is 1.53 bits per heavy atom. The third kappa shape index (κ3) is 1.73. The van der Waals surface area contributed by atoms with Crippen LogP contribution in [-0.2, 0) is 10.2 Å². The topological polar surface area (TPSA) is 63.3 Å². The maximum absolute atomic E-state index is 10.9. The average Bonchev–Trinajstić information content (AvgIpc) is 2.97. The molecule has 1 aliphatic carbocycles. The second-order valence-corrected chi connectivity index (χ2v) is 4.42. The Hall–Kier alpha value is -1.06. The number of carboxylic acid groups (broad SMARTS) is 1. The molecule has 0 heterocycles. The molecular formula is C11H12ClNO2. The van der Waals surface area contributed by atoms with Crippen LogP contribution in [0.1, 0.15) is 18.4 Å². The maximum atomic E-state index is 10.9. The molecule has 1 aromatic carbocycles. The van der Waals surface area contributed by atoms with Gasteiger partial charge in [0.1, 0.15) is 6.04 Å². The Labute approximate surface area is 92.8 Å². The number of carboxylic acids is 1. The molecule has 0 bridgehead atoms. The first kappa shape index (κ1) is 10.5. The van der Waals surface area contributed by atoms with Crippen LogP contribution in [0.25, 0.3) is 0 Å². The van der Waals surface area contributed by atoms with E-state index < -0.39 is 17.4 Å². The van der Waals surface area contributed by atoms with Crippen molar-refractivity contribution < 1.29 is 9.90 Å². The number of rotatable bonds is 3. The summed E-state index contributed by atoms with van der Waals surface area (Å²) in [6.07, 6.45) is 1.64. The average molecular weight is 226 g/mol. The summed E-state index contributed by atoms with van der Waals surface area (Å²) in [7, 11) is 0. The maximum Gasteiger partial charge on any atom is 0.321 e. The van der Waals surface area contributed by atoms with E-state index in [1.54, 1.807) is 12.1 Å². The number of halogens is 1. The van der Waals surface area contributed by atoms with E-state index in [1.165, 1.54) is 0 Å². The van der Waals surface area contributed by atoms with Gasteiger partial charge >= 0.3 is 5.97 Å². The van der Waals surface area contributed by atoms with Gasteiger partial charge in [-0.2, -0.15) is 0 Å². The van der Waals surface area contributed by atoms with Gasteiger partial charge < -0.3 is 10.8 Å². The fourth-order valence-corrected chi connectivity index (χ4v) is 2.14. The van der Waals surface area contributed by atoms with Gasteiger partial charge in [-0.25, -0.2) is 0 Å². The molecular weight excluding hydrogens is 214 g/mol. The summed E-state index contributed by atoms with van der Waals surface area (Å²) in [5, 5.41) is 9.55. The normalized spacial score (nSPS) is 19.6. The van der Waals surface area contributed by atoms with Gasteiger partial charge in [-0.15, -0.1) is 0 Å². The molecule has 0 aromatic heterocycles. The minimum Gasteiger partial charge on any atom is -0.480 e. The van der Waals surface area contributed by atoms with E-state index in [0.717, 1.165) is 18.4 Å². The molecule has 1 saturated carbocycles. The van der Waals surface area contributed by atoms with E-state index in [2.05, 4.69) is 0 Å². The molecule has 1 unspecified atom stereocenters. The highest BCUT2D eigenvalue weighted by Crippen LogP contribution is 2.50. The summed E-state index contributed by atoms with van der Waals surface area (Å²) < 4.78 is 0. The molecule has 4 heteroatoms. The van der Waals surface area contributed by atoms with Gasteiger partial charge in [-0.05, 0) is 30.5 Å². The van der Waals surface area contributed by atoms with Crippen LogP contribution in [-0.4, -0.2) is 17.1 Å². The zero-order valence-corrected chi connectivity index (χ0v) is 8.87. The predicted molar refractivity (Wildman–Crippen MR) is 58.0 cm³/mol. The van der Waals surface area contributed by atoms with E-state index in [-0.39, 0.29) is 0 Å². The lowest BCUT2D eigenvalue weighted by Gasteiger charge is -2.20. The number of aliphatic carboxylic acids is 1. The van der Waals surface area contributed by atoms with Gasteiger partial charge in [-0.1, -0.05) is 23.7 Å². The highest BCUT2D eigenvalue weighted by molar-refractivity contribution is 6.30. The number of hydrogen-bond donors (Lipinski definition) is 2. The summed E-state index contributed by atoms with van der Waals surface area (Å²) in [5.74, 6) is -0.951. The van der Waals surface area contributed by atoms with Crippen molar-refractivity contribution in [3.8, 4) is 0 Å². The summed E-state index contributed by atoms with van der Waals surface area (Å²) in [5.41, 5.74) is 6.24. The zero-order chi connectivity index (χ0) is 11.1. The minimum absolute atomic E-state index is 0.392. The van der Waals surface area contributed by atoms with Crippen molar-refractivity contribution in [1.82, 2.24) is 0 Å². The van der Waals surface area contributed by atoms with Crippen LogP contribution in [0, 0.1) is 0 Å². The number of benzene rings is 1. The third-order valence-electron chi connectivity index (χ3n) is 3.05. The van der Waals surface area contributed by atoms with E-state index in [9.17, 15) is 4.79 Å². The Morgan fingerprint density at radius 3 is 2.67 bits per heavy atom. The van der Waals surface area contributed by atoms with Crippen LogP contribution in [0.5, 0.6) is 0 Å². The van der Waals surface area contributed by atoms with E-state index in [0.29, 0.717) is 5.02 Å². The smallest absolute Gasteiger partial charge is 0.321 e. The first-order chi connectivity index (χ1) is 7.06. The highest BCUT2D eigenvalue weighted by atomic mass is 35.5. The van der Waals surface area contributed by atoms with Crippen LogP contribution >= 0.6 is 11.6 Å². The molecule has 0 aliphatic heterocycles. The van der Waals surface area contributed by atoms with Crippen molar-refractivity contribution in [2.24, 2.45) is 5.73 Å². The van der Waals surface area contributed by atoms with Crippen LogP contribution in [0.15, 0.2) is 24.3 Å². The first-order valence-electron chi connectivity index (χ1n) is 4.81. The Morgan fingerprint density at radius 2 is 2.20 bits per heavy atom. The van der Waals surface area contributed by atoms with E-state index >= 15 is 0 Å². The largest absolute Gasteiger partial charge is 0.480 e. The predicted octanol–water partition coefficient (Wildman–Crippen LogP) is 1.78. The molecule has 0 spiro atoms. The summed E-state index contributed by atoms with van der Waals surface area (Å²) >= 11 is 5.87. The molecule has 1 fully saturated rings. The quantitative estimate of drug-likeness (QED) is 0.824. The molecule has 1 aliphatic rings. The minimum atomic E-state index is -0.951. The SMILES string of the molecule is NC(C(=O)O)C1(c2cccc(Cl)c2)CC1. The van der Waals surface area contributed by atoms with Gasteiger partial charge in [-0.3, -0.25) is 4.79 Å². The van der Waals surface area contributed by atoms with Crippen LogP contribution in [0.3, 0.4) is 0 Å². The monoisotopic (exact) mass is 225 g/mol. The number of carbonyl (C=O) groups is 1. The summed E-state index contributed by atoms with van der Waals surface area (Å²) in [6, 6.07) is 6.45. The van der Waals surface area contributed by atoms with Crippen molar-refractivity contribution in [1.29, 1.82) is 0 Å². The summed E-state index contributed by atoms with van der Waals surface area (Å²) in [4.78, 5) is 10.9. The van der Waals surface area contributed by atoms with Gasteiger partial charge in [0, 0.05) is 10.4 Å². The van der Waals surface area contributed by atoms with Gasteiger partial charge in [0.15, 0.2) is 0 Å². The Bertz CT molecular complexity index is 401. The van der Waals surface area contributed by atoms with Gasteiger partial charge in [0.2, 0.25) is 0 Å². The standard InChI is InChI=1S/C11H12ClNO2/c12-8-3-1-2-7(6-8)11(4-5-11)9(13)10(14)15/h1-3,6,9H,4-5,13H2,(H,14,15). The fourth-order valence-electron chi connectivity index (χ4n) is 1.95. The lowest BCUT2D eigenvalue weighted by molar-refractivity contribution is -0.139. The summed E-state index contributed by atoms with van der Waals surface area (Å²) in [6.45, 7) is 0. The molecule has 0 radical (unpaired) electrons. The van der Waals surface area contributed by atoms with Crippen molar-refractivity contribution in [3.05, 3.63) is 34.9 Å². The van der Waals surface area contributed by atoms with E-state index in [4.69, 9.17) is 22.4 Å². The molecule has 1 atom stereocenters. The Balaban J connectivity index is 2.34. The zero-order valence-electron chi connectivity index (χ0n) is 8.11. The second kappa shape index (κ2) is 3.51. The molecule has 80 valence electrons. The molecule has 3 nitrogen and oxygen atoms in total. The molecule has 2 rings (SSSR count). The fraction of sp³-hybridized carbons (Fsp3) is 0.364. The molecule has 15 heavy (non-hydrogen) atoms. The van der Waals surface area contributed by atoms with Crippen LogP contribution < -0.4 is 5.73 Å². The molecule has 1 aromatic rings. The Kier molecular flexibility index (Phi) is 2.44. The van der Waals surface area contributed by atoms with Crippen LogP contribution in [0.4, 0.5) is 0 Å². The van der Waals surface area contributed by atoms with Crippen LogP contribution in [0.2, 0.25) is 5.02 Å². The molecule has 0 saturated heterocycles. The van der Waals surface area contributed by atoms with E-state index in [1.807, 2.05) is 12.1 Å². The highest BCUT2D eigenvalue weighted by Gasteiger charge is 2.52. The lowest BCUT2D eigenvalue weighted by atomic mass is 9.88. The first-order valence-corrected chi connectivity index (χ1v) is 5.18. The molecule has 3 N–H and O–H groups in total. The number of nitrogens with two attached hydrogens (primary N) is 1. The van der Waals surface area contributed by atoms with Gasteiger partial charge in [0.25, 0.3) is 0 Å². The van der Waals surface area contributed by atoms with Crippen molar-refractivity contribution >= 4 is 17.6 Å². The van der Waals surface area contributed by atoms with Crippen molar-refractivity contribution in [2.45, 2.75) is 24.3 Å².